The third-order valence-corrected chi connectivity index (χ3v) is 9.30. The number of para-hydroxylation sites is 1. The number of rotatable bonds is 3. The van der Waals surface area contributed by atoms with Crippen LogP contribution in [0.15, 0.2) is 152 Å². The number of hydrogen-bond acceptors (Lipinski definition) is 4. The summed E-state index contributed by atoms with van der Waals surface area (Å²) in [6.45, 7) is 0. The highest BCUT2D eigenvalue weighted by Crippen LogP contribution is 2.42. The van der Waals surface area contributed by atoms with Gasteiger partial charge in [0.05, 0.1) is 11.0 Å². The minimum absolute atomic E-state index is 0.574. The fraction of sp³-hybridized carbons (Fsp3) is 0. The van der Waals surface area contributed by atoms with E-state index in [0.29, 0.717) is 17.0 Å². The van der Waals surface area contributed by atoms with Gasteiger partial charge in [0.15, 0.2) is 11.5 Å². The summed E-state index contributed by atoms with van der Waals surface area (Å²) in [6.07, 6.45) is 3.39. The number of hydrogen-bond donors (Lipinski definition) is 0. The van der Waals surface area contributed by atoms with Gasteiger partial charge in [0, 0.05) is 45.4 Å². The summed E-state index contributed by atoms with van der Waals surface area (Å²) in [5.41, 5.74) is 7.43. The lowest BCUT2D eigenvalue weighted by atomic mass is 9.97. The maximum atomic E-state index is 5.14. The Morgan fingerprint density at radius 3 is 1.94 bits per heavy atom. The van der Waals surface area contributed by atoms with Crippen LogP contribution in [0.4, 0.5) is 0 Å². The first-order valence-corrected chi connectivity index (χ1v) is 15.7. The van der Waals surface area contributed by atoms with Crippen molar-refractivity contribution in [3.63, 3.8) is 0 Å². The molecule has 0 atom stereocenters. The van der Waals surface area contributed by atoms with Gasteiger partial charge in [-0.05, 0) is 57.3 Å². The second-order valence-corrected chi connectivity index (χ2v) is 11.9. The predicted octanol–water partition coefficient (Wildman–Crippen LogP) is 10.3. The Hall–Kier alpha value is -6.46. The van der Waals surface area contributed by atoms with Crippen molar-refractivity contribution in [3.8, 4) is 28.3 Å². The Labute approximate surface area is 269 Å². The van der Waals surface area contributed by atoms with Crippen LogP contribution in [0.3, 0.4) is 0 Å². The number of fused-ring (bicyclic) bond motifs is 10. The van der Waals surface area contributed by atoms with Crippen molar-refractivity contribution in [3.05, 3.63) is 152 Å². The van der Waals surface area contributed by atoms with Crippen LogP contribution < -0.4 is 0 Å². The predicted molar refractivity (Wildman–Crippen MR) is 193 cm³/mol. The fourth-order valence-electron chi connectivity index (χ4n) is 7.27. The van der Waals surface area contributed by atoms with E-state index in [1.807, 2.05) is 0 Å². The molecule has 0 aliphatic carbocycles. The topological polar surface area (TPSA) is 56.5 Å². The van der Waals surface area contributed by atoms with E-state index in [1.165, 1.54) is 43.4 Å². The maximum Gasteiger partial charge on any atom is 0.182 e. The summed E-state index contributed by atoms with van der Waals surface area (Å²) in [5, 5.41) is 9.80. The van der Waals surface area contributed by atoms with Gasteiger partial charge in [-0.3, -0.25) is 0 Å². The molecule has 0 spiro atoms. The molecule has 0 fully saturated rings. The van der Waals surface area contributed by atoms with Crippen LogP contribution >= 0.6 is 0 Å². The van der Waals surface area contributed by atoms with Crippen LogP contribution in [0.25, 0.3) is 93.6 Å². The van der Waals surface area contributed by atoms with Crippen molar-refractivity contribution in [1.29, 1.82) is 0 Å². The molecule has 0 saturated carbocycles. The SMILES string of the molecule is c1ccc2c(-c3nc(-c4ccc(-n5c6ccccc6c6c7ccccc7c7ccccc7c65)cc4)nc4nccnc34)cccc2c1. The molecular weight excluding hydrogens is 574 g/mol. The third kappa shape index (κ3) is 3.83. The van der Waals surface area contributed by atoms with Crippen LogP contribution in [0.2, 0.25) is 0 Å². The zero-order chi connectivity index (χ0) is 30.9. The van der Waals surface area contributed by atoms with Crippen molar-refractivity contribution in [2.24, 2.45) is 0 Å². The molecule has 218 valence electrons. The van der Waals surface area contributed by atoms with Crippen LogP contribution in [0.5, 0.6) is 0 Å². The van der Waals surface area contributed by atoms with Gasteiger partial charge in [0.1, 0.15) is 11.2 Å². The monoisotopic (exact) mass is 599 g/mol. The molecule has 47 heavy (non-hydrogen) atoms. The van der Waals surface area contributed by atoms with Gasteiger partial charge in [-0.2, -0.15) is 0 Å². The first-order chi connectivity index (χ1) is 23.3. The van der Waals surface area contributed by atoms with Crippen molar-refractivity contribution in [2.75, 3.05) is 0 Å². The second-order valence-electron chi connectivity index (χ2n) is 11.9. The normalized spacial score (nSPS) is 11.8. The van der Waals surface area contributed by atoms with Crippen molar-refractivity contribution >= 4 is 65.3 Å². The van der Waals surface area contributed by atoms with E-state index in [2.05, 4.69) is 154 Å². The zero-order valence-electron chi connectivity index (χ0n) is 25.2. The molecule has 5 nitrogen and oxygen atoms in total. The minimum atomic E-state index is 0.574. The molecule has 3 aromatic heterocycles. The molecular formula is C42H25N5. The fourth-order valence-corrected chi connectivity index (χ4v) is 7.27. The highest BCUT2D eigenvalue weighted by atomic mass is 15.0. The van der Waals surface area contributed by atoms with Gasteiger partial charge in [-0.1, -0.05) is 109 Å². The number of aromatic nitrogens is 5. The van der Waals surface area contributed by atoms with Gasteiger partial charge in [0.2, 0.25) is 0 Å². The molecule has 0 aliphatic heterocycles. The highest BCUT2D eigenvalue weighted by Gasteiger charge is 2.19. The Bertz CT molecular complexity index is 2850. The van der Waals surface area contributed by atoms with Gasteiger partial charge < -0.3 is 4.57 Å². The molecule has 5 heteroatoms. The molecule has 0 unspecified atom stereocenters. The molecule has 3 heterocycles. The van der Waals surface area contributed by atoms with E-state index < -0.39 is 0 Å². The molecule has 0 amide bonds. The van der Waals surface area contributed by atoms with Gasteiger partial charge in [0.25, 0.3) is 0 Å². The minimum Gasteiger partial charge on any atom is -0.309 e. The lowest BCUT2D eigenvalue weighted by molar-refractivity contribution is 1.15. The number of benzene rings is 7. The Morgan fingerprint density at radius 1 is 0.468 bits per heavy atom. The van der Waals surface area contributed by atoms with Crippen molar-refractivity contribution in [1.82, 2.24) is 24.5 Å². The van der Waals surface area contributed by atoms with Crippen molar-refractivity contribution in [2.45, 2.75) is 0 Å². The summed E-state index contributed by atoms with van der Waals surface area (Å²) >= 11 is 0. The van der Waals surface area contributed by atoms with E-state index in [0.717, 1.165) is 33.3 Å². The lowest BCUT2D eigenvalue weighted by Gasteiger charge is -2.13. The van der Waals surface area contributed by atoms with E-state index in [1.54, 1.807) is 12.4 Å². The molecule has 10 aromatic rings. The maximum absolute atomic E-state index is 5.14. The standard InChI is InChI=1S/C42H25N5/c1-2-12-29-26(10-1)11-9-18-33(29)38-39-42(44-25-24-43-39)46-41(45-38)27-20-22-28(23-21-27)47-36-19-8-7-17-35(36)37-32-15-5-3-13-30(32)31-14-4-6-16-34(31)40(37)47/h1-25H. The molecule has 0 aliphatic rings. The van der Waals surface area contributed by atoms with E-state index in [-0.39, 0.29) is 0 Å². The Morgan fingerprint density at radius 2 is 1.11 bits per heavy atom. The Balaban J connectivity index is 1.20. The molecule has 0 saturated heterocycles. The second kappa shape index (κ2) is 10.0. The highest BCUT2D eigenvalue weighted by molar-refractivity contribution is 6.32. The quantitative estimate of drug-likeness (QED) is 0.190. The first kappa shape index (κ1) is 25.8. The summed E-state index contributed by atoms with van der Waals surface area (Å²) in [4.78, 5) is 19.3. The summed E-state index contributed by atoms with van der Waals surface area (Å²) in [7, 11) is 0. The number of nitrogens with zero attached hydrogens (tertiary/aromatic N) is 5. The Kier molecular flexibility index (Phi) is 5.51. The first-order valence-electron chi connectivity index (χ1n) is 15.7. The average Bonchev–Trinajstić information content (AvgIpc) is 3.50. The largest absolute Gasteiger partial charge is 0.309 e. The molecule has 0 radical (unpaired) electrons. The van der Waals surface area contributed by atoms with Crippen LogP contribution in [0.1, 0.15) is 0 Å². The van der Waals surface area contributed by atoms with E-state index in [9.17, 15) is 0 Å². The zero-order valence-corrected chi connectivity index (χ0v) is 25.2. The summed E-state index contributed by atoms with van der Waals surface area (Å²) in [6, 6.07) is 49.4. The van der Waals surface area contributed by atoms with Gasteiger partial charge in [-0.15, -0.1) is 0 Å². The van der Waals surface area contributed by atoms with Crippen LogP contribution in [0, 0.1) is 0 Å². The molecule has 10 rings (SSSR count). The molecule has 0 bridgehead atoms. The molecule has 0 N–H and O–H groups in total. The third-order valence-electron chi connectivity index (χ3n) is 9.30. The summed E-state index contributed by atoms with van der Waals surface area (Å²) < 4.78 is 2.40. The van der Waals surface area contributed by atoms with Crippen LogP contribution in [-0.2, 0) is 0 Å². The lowest BCUT2D eigenvalue weighted by Crippen LogP contribution is -1.99. The average molecular weight is 600 g/mol. The van der Waals surface area contributed by atoms with Gasteiger partial charge in [-0.25, -0.2) is 19.9 Å². The van der Waals surface area contributed by atoms with Crippen molar-refractivity contribution < 1.29 is 0 Å². The van der Waals surface area contributed by atoms with Gasteiger partial charge >= 0.3 is 0 Å². The summed E-state index contributed by atoms with van der Waals surface area (Å²) in [5.74, 6) is 0.617. The van der Waals surface area contributed by atoms with Crippen LogP contribution in [-0.4, -0.2) is 24.5 Å². The molecule has 7 aromatic carbocycles. The van der Waals surface area contributed by atoms with E-state index >= 15 is 0 Å². The smallest absolute Gasteiger partial charge is 0.182 e. The van der Waals surface area contributed by atoms with E-state index in [4.69, 9.17) is 9.97 Å².